The Morgan fingerprint density at radius 3 is 2.52 bits per heavy atom. The molecule has 1 fully saturated rings. The lowest BCUT2D eigenvalue weighted by atomic mass is 10.00. The monoisotopic (exact) mass is 436 g/mol. The molecule has 164 valence electrons. The number of rotatable bonds is 5. The Balaban J connectivity index is 1.17. The molecule has 33 heavy (non-hydrogen) atoms. The summed E-state index contributed by atoms with van der Waals surface area (Å²) in [5.74, 6) is 0.702. The van der Waals surface area contributed by atoms with E-state index in [4.69, 9.17) is 0 Å². The van der Waals surface area contributed by atoms with E-state index in [1.165, 1.54) is 12.8 Å². The molecule has 0 spiro atoms. The Kier molecular flexibility index (Phi) is 4.54. The van der Waals surface area contributed by atoms with Gasteiger partial charge in [-0.1, -0.05) is 36.4 Å². The maximum absolute atomic E-state index is 13.1. The molecule has 2 heterocycles. The van der Waals surface area contributed by atoms with Gasteiger partial charge in [0, 0.05) is 28.9 Å². The minimum atomic E-state index is -0.336. The second kappa shape index (κ2) is 7.59. The molecular weight excluding hydrogens is 412 g/mol. The third-order valence-electron chi connectivity index (χ3n) is 6.74. The first-order chi connectivity index (χ1) is 16.1. The molecule has 1 atom stereocenters. The van der Waals surface area contributed by atoms with Crippen molar-refractivity contribution in [1.82, 2.24) is 10.2 Å². The van der Waals surface area contributed by atoms with Crippen molar-refractivity contribution in [1.29, 1.82) is 0 Å². The summed E-state index contributed by atoms with van der Waals surface area (Å²) in [5.41, 5.74) is 4.61. The van der Waals surface area contributed by atoms with Crippen LogP contribution in [0.2, 0.25) is 0 Å². The van der Waals surface area contributed by atoms with Gasteiger partial charge in [0.05, 0.1) is 12.5 Å². The van der Waals surface area contributed by atoms with E-state index < -0.39 is 0 Å². The van der Waals surface area contributed by atoms with Crippen LogP contribution in [0.1, 0.15) is 58.8 Å². The predicted molar refractivity (Wildman–Crippen MR) is 129 cm³/mol. The zero-order valence-corrected chi connectivity index (χ0v) is 18.3. The lowest BCUT2D eigenvalue weighted by Crippen LogP contribution is -2.23. The number of carbonyl (C=O) groups excluding carboxylic acids is 2. The van der Waals surface area contributed by atoms with Crippen LogP contribution in [0.5, 0.6) is 0 Å². The molecule has 6 rings (SSSR count). The van der Waals surface area contributed by atoms with Crippen LogP contribution in [0.4, 0.5) is 11.5 Å². The van der Waals surface area contributed by atoms with E-state index in [1.54, 1.807) is 4.90 Å². The van der Waals surface area contributed by atoms with Crippen LogP contribution in [0, 0.1) is 0 Å². The van der Waals surface area contributed by atoms with Crippen LogP contribution in [-0.2, 0) is 11.3 Å². The Morgan fingerprint density at radius 2 is 1.79 bits per heavy atom. The van der Waals surface area contributed by atoms with E-state index in [-0.39, 0.29) is 17.7 Å². The lowest BCUT2D eigenvalue weighted by Gasteiger charge is -2.17. The number of fused-ring (bicyclic) bond motifs is 2. The number of H-pyrrole nitrogens is 1. The molecule has 2 N–H and O–H groups in total. The summed E-state index contributed by atoms with van der Waals surface area (Å²) in [6, 6.07) is 21.8. The Morgan fingerprint density at radius 1 is 1.06 bits per heavy atom. The van der Waals surface area contributed by atoms with Crippen molar-refractivity contribution in [2.24, 2.45) is 0 Å². The summed E-state index contributed by atoms with van der Waals surface area (Å²) in [7, 11) is 0. The van der Waals surface area contributed by atoms with Gasteiger partial charge in [0.15, 0.2) is 5.82 Å². The van der Waals surface area contributed by atoms with Gasteiger partial charge < -0.3 is 10.2 Å². The van der Waals surface area contributed by atoms with Crippen LogP contribution >= 0.6 is 0 Å². The van der Waals surface area contributed by atoms with Crippen molar-refractivity contribution in [2.45, 2.75) is 38.1 Å². The summed E-state index contributed by atoms with van der Waals surface area (Å²) >= 11 is 0. The van der Waals surface area contributed by atoms with Crippen LogP contribution < -0.4 is 10.2 Å². The normalized spacial score (nSPS) is 16.2. The molecule has 1 saturated carbocycles. The SMILES string of the molecule is CC(C(=O)Nc1cc(C2CC2)[nH]n1)c1ccc(N2Cc3cc4ccccc4cc3C2=O)cc1. The third kappa shape index (κ3) is 3.57. The zero-order chi connectivity index (χ0) is 22.5. The van der Waals surface area contributed by atoms with Gasteiger partial charge in [0.2, 0.25) is 5.91 Å². The number of amides is 2. The van der Waals surface area contributed by atoms with Gasteiger partial charge in [0.1, 0.15) is 0 Å². The number of hydrogen-bond acceptors (Lipinski definition) is 3. The van der Waals surface area contributed by atoms with E-state index in [9.17, 15) is 9.59 Å². The first-order valence-electron chi connectivity index (χ1n) is 11.4. The van der Waals surface area contributed by atoms with Crippen LogP contribution in [0.15, 0.2) is 66.7 Å². The molecule has 6 heteroatoms. The van der Waals surface area contributed by atoms with Gasteiger partial charge >= 0.3 is 0 Å². The minimum absolute atomic E-state index is 0.0132. The number of nitrogens with zero attached hydrogens (tertiary/aromatic N) is 2. The number of aromatic nitrogens is 2. The van der Waals surface area contributed by atoms with Crippen molar-refractivity contribution >= 4 is 34.1 Å². The molecule has 3 aromatic carbocycles. The second-order valence-electron chi connectivity index (χ2n) is 9.03. The number of aromatic amines is 1. The highest BCUT2D eigenvalue weighted by Crippen LogP contribution is 2.39. The van der Waals surface area contributed by atoms with Gasteiger partial charge in [0.25, 0.3) is 5.91 Å². The molecule has 2 amide bonds. The van der Waals surface area contributed by atoms with Crippen LogP contribution in [-0.4, -0.2) is 22.0 Å². The quantitative estimate of drug-likeness (QED) is 0.443. The fraction of sp³-hybridized carbons (Fsp3) is 0.222. The maximum atomic E-state index is 13.1. The second-order valence-corrected chi connectivity index (χ2v) is 9.03. The topological polar surface area (TPSA) is 78.1 Å². The van der Waals surface area contributed by atoms with Gasteiger partial charge in [-0.25, -0.2) is 0 Å². The van der Waals surface area contributed by atoms with Gasteiger partial charge in [-0.15, -0.1) is 0 Å². The third-order valence-corrected chi connectivity index (χ3v) is 6.74. The molecule has 0 radical (unpaired) electrons. The van der Waals surface area contributed by atoms with Crippen LogP contribution in [0.25, 0.3) is 10.8 Å². The fourth-order valence-corrected chi connectivity index (χ4v) is 4.55. The van der Waals surface area contributed by atoms with Gasteiger partial charge in [-0.2, -0.15) is 5.10 Å². The highest BCUT2D eigenvalue weighted by molar-refractivity contribution is 6.12. The molecule has 6 nitrogen and oxygen atoms in total. The first-order valence-corrected chi connectivity index (χ1v) is 11.4. The molecule has 1 aliphatic heterocycles. The summed E-state index contributed by atoms with van der Waals surface area (Å²) in [6.07, 6.45) is 2.36. The molecule has 1 aliphatic carbocycles. The first kappa shape index (κ1) is 19.7. The molecular formula is C27H24N4O2. The number of nitrogens with one attached hydrogen (secondary N) is 2. The van der Waals surface area contributed by atoms with Crippen molar-refractivity contribution in [2.75, 3.05) is 10.2 Å². The van der Waals surface area contributed by atoms with Crippen molar-refractivity contribution < 1.29 is 9.59 Å². The van der Waals surface area contributed by atoms with E-state index >= 15 is 0 Å². The predicted octanol–water partition coefficient (Wildman–Crippen LogP) is 5.34. The summed E-state index contributed by atoms with van der Waals surface area (Å²) < 4.78 is 0. The molecule has 4 aromatic rings. The van der Waals surface area contributed by atoms with E-state index in [1.807, 2.05) is 61.5 Å². The highest BCUT2D eigenvalue weighted by atomic mass is 16.2. The van der Waals surface area contributed by atoms with Gasteiger partial charge in [-0.05, 0) is 65.9 Å². The van der Waals surface area contributed by atoms with E-state index in [2.05, 4.69) is 27.6 Å². The summed E-state index contributed by atoms with van der Waals surface area (Å²) in [4.78, 5) is 27.6. The average molecular weight is 437 g/mol. The molecule has 1 aromatic heterocycles. The largest absolute Gasteiger partial charge is 0.309 e. The molecule has 0 bridgehead atoms. The molecule has 2 aliphatic rings. The lowest BCUT2D eigenvalue weighted by molar-refractivity contribution is -0.117. The zero-order valence-electron chi connectivity index (χ0n) is 18.3. The average Bonchev–Trinajstić information content (AvgIpc) is 3.51. The Hall–Kier alpha value is -3.93. The Labute approximate surface area is 191 Å². The molecule has 1 unspecified atom stereocenters. The summed E-state index contributed by atoms with van der Waals surface area (Å²) in [6.45, 7) is 2.43. The minimum Gasteiger partial charge on any atom is -0.309 e. The molecule has 0 saturated heterocycles. The van der Waals surface area contributed by atoms with E-state index in [0.29, 0.717) is 18.3 Å². The number of carbonyl (C=O) groups is 2. The van der Waals surface area contributed by atoms with Gasteiger partial charge in [-0.3, -0.25) is 14.7 Å². The number of hydrogen-bond donors (Lipinski definition) is 2. The van der Waals surface area contributed by atoms with Crippen molar-refractivity contribution in [3.63, 3.8) is 0 Å². The Bertz CT molecular complexity index is 1390. The number of benzene rings is 3. The summed E-state index contributed by atoms with van der Waals surface area (Å²) in [5, 5.41) is 12.3. The van der Waals surface area contributed by atoms with Crippen LogP contribution in [0.3, 0.4) is 0 Å². The smallest absolute Gasteiger partial charge is 0.258 e. The number of anilines is 2. The van der Waals surface area contributed by atoms with E-state index in [0.717, 1.165) is 38.8 Å². The van der Waals surface area contributed by atoms with Crippen molar-refractivity contribution in [3.05, 3.63) is 89.1 Å². The standard InChI is InChI=1S/C27H24N4O2/c1-16(26(32)28-25-14-24(29-30-25)18-6-7-18)17-8-10-22(11-9-17)31-15-21-12-19-4-2-3-5-20(19)13-23(21)27(31)33/h2-5,8-14,16,18H,6-7,15H2,1H3,(H2,28,29,30,32). The highest BCUT2D eigenvalue weighted by Gasteiger charge is 2.29. The van der Waals surface area contributed by atoms with Crippen molar-refractivity contribution in [3.8, 4) is 0 Å². The fourth-order valence-electron chi connectivity index (χ4n) is 4.55. The maximum Gasteiger partial charge on any atom is 0.258 e.